The number of benzene rings is 1. The predicted octanol–water partition coefficient (Wildman–Crippen LogP) is 2.34. The van der Waals surface area contributed by atoms with Crippen molar-refractivity contribution in [2.45, 2.75) is 0 Å². The van der Waals surface area contributed by atoms with Crippen molar-refractivity contribution in [3.8, 4) is 0 Å². The van der Waals surface area contributed by atoms with E-state index in [2.05, 4.69) is 4.98 Å². The molecule has 0 radical (unpaired) electrons. The van der Waals surface area contributed by atoms with E-state index in [0.717, 1.165) is 5.39 Å². The topological polar surface area (TPSA) is 76.2 Å². The minimum atomic E-state index is -0.516. The van der Waals surface area contributed by atoms with Gasteiger partial charge in [-0.05, 0) is 12.1 Å². The Morgan fingerprint density at radius 3 is 2.85 bits per heavy atom. The van der Waals surface area contributed by atoms with Gasteiger partial charge in [0, 0.05) is 10.1 Å². The highest BCUT2D eigenvalue weighted by Crippen LogP contribution is 2.30. The maximum Gasteiger partial charge on any atom is 0.339 e. The normalized spacial score (nSPS) is 10.8. The van der Waals surface area contributed by atoms with Gasteiger partial charge in [-0.2, -0.15) is 0 Å². The molecule has 0 saturated carbocycles. The Kier molecular flexibility index (Phi) is 2.87. The first-order valence-electron chi connectivity index (χ1n) is 5.77. The number of aromatic nitrogens is 1. The molecular formula is C14H9NO4S. The third-order valence-electron chi connectivity index (χ3n) is 3.06. The second kappa shape index (κ2) is 4.57. The molecule has 2 heterocycles. The summed E-state index contributed by atoms with van der Waals surface area (Å²) in [6.07, 6.45) is 0.708. The summed E-state index contributed by atoms with van der Waals surface area (Å²) in [5, 5.41) is 1.17. The summed E-state index contributed by atoms with van der Waals surface area (Å²) in [6, 6.07) is 6.65. The summed E-state index contributed by atoms with van der Waals surface area (Å²) in [5.74, 6) is -0.516. The van der Waals surface area contributed by atoms with Crippen LogP contribution in [-0.4, -0.2) is 24.3 Å². The smallest absolute Gasteiger partial charge is 0.339 e. The van der Waals surface area contributed by atoms with Crippen LogP contribution in [0.15, 0.2) is 29.1 Å². The lowest BCUT2D eigenvalue weighted by atomic mass is 10.1. The SMILES string of the molecule is COC(=O)c1cccc2c1[nH]c(=O)c1cc(C=O)sc12. The number of fused-ring (bicyclic) bond motifs is 3. The van der Waals surface area contributed by atoms with Gasteiger partial charge in [0.15, 0.2) is 6.29 Å². The number of thiophene rings is 1. The molecule has 5 nitrogen and oxygen atoms in total. The molecule has 0 bridgehead atoms. The number of hydrogen-bond acceptors (Lipinski definition) is 5. The Morgan fingerprint density at radius 1 is 1.35 bits per heavy atom. The number of pyridine rings is 1. The van der Waals surface area contributed by atoms with Crippen molar-refractivity contribution in [1.29, 1.82) is 0 Å². The molecule has 100 valence electrons. The molecule has 20 heavy (non-hydrogen) atoms. The van der Waals surface area contributed by atoms with Crippen LogP contribution in [0.5, 0.6) is 0 Å². The molecule has 0 fully saturated rings. The molecule has 2 aromatic heterocycles. The molecule has 0 unspecified atom stereocenters. The van der Waals surface area contributed by atoms with Crippen molar-refractivity contribution in [2.75, 3.05) is 7.11 Å². The van der Waals surface area contributed by atoms with E-state index in [1.54, 1.807) is 24.3 Å². The number of rotatable bonds is 2. The number of H-pyrrole nitrogens is 1. The van der Waals surface area contributed by atoms with Crippen LogP contribution >= 0.6 is 11.3 Å². The number of esters is 1. The maximum absolute atomic E-state index is 12.1. The van der Waals surface area contributed by atoms with Crippen molar-refractivity contribution in [1.82, 2.24) is 4.98 Å². The first-order chi connectivity index (χ1) is 9.65. The fraction of sp³-hybridized carbons (Fsp3) is 0.0714. The summed E-state index contributed by atoms with van der Waals surface area (Å²) in [7, 11) is 1.29. The van der Waals surface area contributed by atoms with Gasteiger partial charge in [-0.25, -0.2) is 4.79 Å². The van der Waals surface area contributed by atoms with Crippen LogP contribution in [0.4, 0.5) is 0 Å². The van der Waals surface area contributed by atoms with Crippen LogP contribution in [0.1, 0.15) is 20.0 Å². The summed E-state index contributed by atoms with van der Waals surface area (Å²) >= 11 is 1.23. The summed E-state index contributed by atoms with van der Waals surface area (Å²) in [4.78, 5) is 37.8. The number of nitrogens with one attached hydrogen (secondary N) is 1. The fourth-order valence-electron chi connectivity index (χ4n) is 2.17. The third kappa shape index (κ3) is 1.73. The molecule has 6 heteroatoms. The van der Waals surface area contributed by atoms with Gasteiger partial charge in [0.25, 0.3) is 5.56 Å². The number of aldehydes is 1. The van der Waals surface area contributed by atoms with Crippen LogP contribution in [0.25, 0.3) is 21.0 Å². The first kappa shape index (κ1) is 12.6. The van der Waals surface area contributed by atoms with Crippen molar-refractivity contribution < 1.29 is 14.3 Å². The Hall–Kier alpha value is -2.47. The molecule has 3 rings (SSSR count). The van der Waals surface area contributed by atoms with Crippen molar-refractivity contribution in [2.24, 2.45) is 0 Å². The number of ether oxygens (including phenoxy) is 1. The second-order valence-corrected chi connectivity index (χ2v) is 5.27. The molecule has 0 aliphatic rings. The Morgan fingerprint density at radius 2 is 2.15 bits per heavy atom. The number of para-hydroxylation sites is 1. The van der Waals surface area contributed by atoms with E-state index in [9.17, 15) is 14.4 Å². The molecule has 0 amide bonds. The molecule has 0 spiro atoms. The first-order valence-corrected chi connectivity index (χ1v) is 6.59. The monoisotopic (exact) mass is 287 g/mol. The van der Waals surface area contributed by atoms with Gasteiger partial charge in [0.2, 0.25) is 0 Å². The van der Waals surface area contributed by atoms with Gasteiger partial charge in [-0.3, -0.25) is 9.59 Å². The average molecular weight is 287 g/mol. The zero-order valence-corrected chi connectivity index (χ0v) is 11.2. The zero-order chi connectivity index (χ0) is 14.3. The van der Waals surface area contributed by atoms with Crippen LogP contribution in [0, 0.1) is 0 Å². The van der Waals surface area contributed by atoms with Crippen LogP contribution < -0.4 is 5.56 Å². The van der Waals surface area contributed by atoms with E-state index in [1.807, 2.05) is 0 Å². The average Bonchev–Trinajstić information content (AvgIpc) is 2.91. The number of carbonyl (C=O) groups is 2. The molecule has 3 aromatic rings. The number of aromatic amines is 1. The zero-order valence-electron chi connectivity index (χ0n) is 10.4. The van der Waals surface area contributed by atoms with E-state index < -0.39 is 5.97 Å². The molecular weight excluding hydrogens is 278 g/mol. The highest BCUT2D eigenvalue weighted by atomic mass is 32.1. The molecule has 0 atom stereocenters. The molecule has 0 aliphatic heterocycles. The van der Waals surface area contributed by atoms with Crippen molar-refractivity contribution in [3.63, 3.8) is 0 Å². The quantitative estimate of drug-likeness (QED) is 0.580. The fourth-order valence-corrected chi connectivity index (χ4v) is 3.18. The number of carbonyl (C=O) groups excluding carboxylic acids is 2. The molecule has 1 aromatic carbocycles. The van der Waals surface area contributed by atoms with Gasteiger partial charge in [-0.1, -0.05) is 12.1 Å². The lowest BCUT2D eigenvalue weighted by Gasteiger charge is -2.05. The van der Waals surface area contributed by atoms with Gasteiger partial charge in [0.05, 0.1) is 28.5 Å². The Balaban J connectivity index is 2.50. The Labute approximate surface area is 116 Å². The van der Waals surface area contributed by atoms with E-state index >= 15 is 0 Å². The van der Waals surface area contributed by atoms with Gasteiger partial charge < -0.3 is 9.72 Å². The van der Waals surface area contributed by atoms with Gasteiger partial charge in [0.1, 0.15) is 0 Å². The predicted molar refractivity (Wildman–Crippen MR) is 76.7 cm³/mol. The van der Waals surface area contributed by atoms with E-state index in [0.29, 0.717) is 32.3 Å². The summed E-state index contributed by atoms with van der Waals surface area (Å²) < 4.78 is 5.40. The summed E-state index contributed by atoms with van der Waals surface area (Å²) in [6.45, 7) is 0. The van der Waals surface area contributed by atoms with E-state index in [4.69, 9.17) is 4.74 Å². The van der Waals surface area contributed by atoms with E-state index in [-0.39, 0.29) is 5.56 Å². The van der Waals surface area contributed by atoms with Gasteiger partial charge in [-0.15, -0.1) is 11.3 Å². The lowest BCUT2D eigenvalue weighted by molar-refractivity contribution is 0.0602. The highest BCUT2D eigenvalue weighted by molar-refractivity contribution is 7.21. The molecule has 1 N–H and O–H groups in total. The van der Waals surface area contributed by atoms with Crippen LogP contribution in [0.2, 0.25) is 0 Å². The third-order valence-corrected chi connectivity index (χ3v) is 4.16. The van der Waals surface area contributed by atoms with E-state index in [1.165, 1.54) is 18.4 Å². The van der Waals surface area contributed by atoms with Crippen molar-refractivity contribution in [3.05, 3.63) is 45.1 Å². The summed E-state index contributed by atoms with van der Waals surface area (Å²) in [5.41, 5.74) is 0.398. The highest BCUT2D eigenvalue weighted by Gasteiger charge is 2.15. The standard InChI is InChI=1S/C14H9NO4S/c1-19-14(18)9-4-2-3-8-11(9)15-13(17)10-5-7(6-16)20-12(8)10/h2-6H,1H3,(H,15,17). The van der Waals surface area contributed by atoms with Crippen LogP contribution in [0.3, 0.4) is 0 Å². The minimum Gasteiger partial charge on any atom is -0.465 e. The number of methoxy groups -OCH3 is 1. The lowest BCUT2D eigenvalue weighted by Crippen LogP contribution is -2.09. The van der Waals surface area contributed by atoms with Crippen LogP contribution in [-0.2, 0) is 4.74 Å². The molecule has 0 saturated heterocycles. The number of hydrogen-bond donors (Lipinski definition) is 1. The van der Waals surface area contributed by atoms with Crippen molar-refractivity contribution >= 4 is 44.6 Å². The van der Waals surface area contributed by atoms with Gasteiger partial charge >= 0.3 is 5.97 Å². The minimum absolute atomic E-state index is 0.296. The maximum atomic E-state index is 12.1. The second-order valence-electron chi connectivity index (χ2n) is 4.18. The Bertz CT molecular complexity index is 907. The largest absolute Gasteiger partial charge is 0.465 e. The molecule has 0 aliphatic carbocycles.